The lowest BCUT2D eigenvalue weighted by atomic mass is 10.1. The summed E-state index contributed by atoms with van der Waals surface area (Å²) < 4.78 is 24.8. The van der Waals surface area contributed by atoms with Crippen LogP contribution < -0.4 is 11.3 Å². The number of alkyl halides is 2. The number of primary amides is 1. The minimum absolute atomic E-state index is 0.260. The molecule has 0 aliphatic heterocycles. The van der Waals surface area contributed by atoms with E-state index in [1.54, 1.807) is 0 Å². The molecule has 6 heteroatoms. The molecule has 1 heterocycles. The van der Waals surface area contributed by atoms with E-state index in [4.69, 9.17) is 5.73 Å². The van der Waals surface area contributed by atoms with E-state index < -0.39 is 29.0 Å². The summed E-state index contributed by atoms with van der Waals surface area (Å²) in [6.07, 6.45) is -2.89. The molecule has 0 bridgehead atoms. The number of aromatic nitrogens is 1. The van der Waals surface area contributed by atoms with E-state index in [2.05, 4.69) is 4.98 Å². The minimum atomic E-state index is -2.89. The highest BCUT2D eigenvalue weighted by atomic mass is 19.3. The Hall–Kier alpha value is -1.72. The van der Waals surface area contributed by atoms with Crippen LogP contribution >= 0.6 is 0 Å². The molecule has 1 amide bonds. The molecule has 0 saturated heterocycles. The van der Waals surface area contributed by atoms with Crippen molar-refractivity contribution in [1.29, 1.82) is 0 Å². The van der Waals surface area contributed by atoms with Gasteiger partial charge in [0.05, 0.1) is 0 Å². The summed E-state index contributed by atoms with van der Waals surface area (Å²) in [5, 5.41) is 0. The molecule has 3 N–H and O–H groups in total. The summed E-state index contributed by atoms with van der Waals surface area (Å²) in [6.45, 7) is 1.44. The van der Waals surface area contributed by atoms with Crippen LogP contribution in [-0.2, 0) is 0 Å². The van der Waals surface area contributed by atoms with Crippen molar-refractivity contribution in [3.05, 3.63) is 33.2 Å². The van der Waals surface area contributed by atoms with E-state index in [9.17, 15) is 18.4 Å². The maximum Gasteiger partial charge on any atom is 0.264 e. The highest BCUT2D eigenvalue weighted by molar-refractivity contribution is 5.94. The van der Waals surface area contributed by atoms with Gasteiger partial charge in [-0.2, -0.15) is 0 Å². The van der Waals surface area contributed by atoms with Gasteiger partial charge >= 0.3 is 0 Å². The molecular formula is C8H8F2N2O2. The van der Waals surface area contributed by atoms with Gasteiger partial charge in [0.15, 0.2) is 0 Å². The molecule has 0 fully saturated rings. The first kappa shape index (κ1) is 10.4. The Morgan fingerprint density at radius 3 is 2.57 bits per heavy atom. The number of pyridine rings is 1. The molecule has 4 nitrogen and oxygen atoms in total. The van der Waals surface area contributed by atoms with Crippen molar-refractivity contribution >= 4 is 5.91 Å². The Labute approximate surface area is 77.7 Å². The van der Waals surface area contributed by atoms with E-state index in [1.165, 1.54) is 6.92 Å². The first-order valence-electron chi connectivity index (χ1n) is 3.75. The number of carbonyl (C=O) groups excluding carboxylic acids is 1. The second-order valence-electron chi connectivity index (χ2n) is 2.78. The van der Waals surface area contributed by atoms with Crippen molar-refractivity contribution in [1.82, 2.24) is 4.98 Å². The molecule has 0 aliphatic rings. The number of hydrogen-bond acceptors (Lipinski definition) is 2. The monoisotopic (exact) mass is 202 g/mol. The average molecular weight is 202 g/mol. The quantitative estimate of drug-likeness (QED) is 0.741. The highest BCUT2D eigenvalue weighted by Gasteiger charge is 2.20. The molecule has 1 aromatic heterocycles. The zero-order valence-electron chi connectivity index (χ0n) is 7.30. The average Bonchev–Trinajstić information content (AvgIpc) is 2.01. The van der Waals surface area contributed by atoms with Gasteiger partial charge in [0, 0.05) is 11.3 Å². The zero-order chi connectivity index (χ0) is 10.9. The van der Waals surface area contributed by atoms with Crippen LogP contribution in [0.5, 0.6) is 0 Å². The predicted molar refractivity (Wildman–Crippen MR) is 45.3 cm³/mol. The molecule has 0 aromatic carbocycles. The number of nitrogens with one attached hydrogen (secondary N) is 1. The van der Waals surface area contributed by atoms with Gasteiger partial charge in [-0.25, -0.2) is 8.78 Å². The SMILES string of the molecule is Cc1cc(C(F)F)c(C(N)=O)c(=O)[nH]1. The van der Waals surface area contributed by atoms with E-state index in [1.807, 2.05) is 0 Å². The zero-order valence-corrected chi connectivity index (χ0v) is 7.30. The molecule has 14 heavy (non-hydrogen) atoms. The van der Waals surface area contributed by atoms with Crippen molar-refractivity contribution in [2.45, 2.75) is 13.3 Å². The van der Waals surface area contributed by atoms with Gasteiger partial charge in [-0.15, -0.1) is 0 Å². The van der Waals surface area contributed by atoms with Crippen LogP contribution in [0.15, 0.2) is 10.9 Å². The number of carbonyl (C=O) groups is 1. The summed E-state index contributed by atoms with van der Waals surface area (Å²) in [7, 11) is 0. The highest BCUT2D eigenvalue weighted by Crippen LogP contribution is 2.20. The number of nitrogens with two attached hydrogens (primary N) is 1. The molecule has 76 valence electrons. The van der Waals surface area contributed by atoms with E-state index in [-0.39, 0.29) is 5.69 Å². The molecule has 0 aliphatic carbocycles. The van der Waals surface area contributed by atoms with Gasteiger partial charge in [-0.3, -0.25) is 9.59 Å². The number of rotatable bonds is 2. The standard InChI is InChI=1S/C8H8F2N2O2/c1-3-2-4(6(9)10)5(7(11)13)8(14)12-3/h2,6H,1H3,(H2,11,13)(H,12,14). The van der Waals surface area contributed by atoms with Crippen molar-refractivity contribution < 1.29 is 13.6 Å². The number of halogens is 2. The van der Waals surface area contributed by atoms with Crippen molar-refractivity contribution in [3.63, 3.8) is 0 Å². The summed E-state index contributed by atoms with van der Waals surface area (Å²) in [4.78, 5) is 24.1. The minimum Gasteiger partial charge on any atom is -0.365 e. The second kappa shape index (κ2) is 3.57. The Morgan fingerprint density at radius 1 is 1.57 bits per heavy atom. The maximum absolute atomic E-state index is 12.4. The number of aromatic amines is 1. The maximum atomic E-state index is 12.4. The number of amides is 1. The molecule has 0 spiro atoms. The predicted octanol–water partition coefficient (Wildman–Crippen LogP) is 0.720. The summed E-state index contributed by atoms with van der Waals surface area (Å²) in [6, 6.07) is 1.03. The molecule has 1 rings (SSSR count). The first-order valence-corrected chi connectivity index (χ1v) is 3.75. The number of H-pyrrole nitrogens is 1. The topological polar surface area (TPSA) is 76.0 Å². The fourth-order valence-corrected chi connectivity index (χ4v) is 1.14. The van der Waals surface area contributed by atoms with E-state index in [0.29, 0.717) is 0 Å². The third kappa shape index (κ3) is 1.78. The molecule has 0 atom stereocenters. The number of aryl methyl sites for hydroxylation is 1. The second-order valence-corrected chi connectivity index (χ2v) is 2.78. The fraction of sp³-hybridized carbons (Fsp3) is 0.250. The first-order chi connectivity index (χ1) is 6.43. The third-order valence-electron chi connectivity index (χ3n) is 1.68. The lowest BCUT2D eigenvalue weighted by molar-refractivity contribution is 0.0984. The summed E-state index contributed by atoms with van der Waals surface area (Å²) in [5.41, 5.74) is 2.89. The van der Waals surface area contributed by atoms with Crippen LogP contribution in [0.2, 0.25) is 0 Å². The number of hydrogen-bond donors (Lipinski definition) is 2. The van der Waals surface area contributed by atoms with Gasteiger partial charge in [0.25, 0.3) is 17.9 Å². The van der Waals surface area contributed by atoms with Crippen molar-refractivity contribution in [2.24, 2.45) is 5.73 Å². The molecular weight excluding hydrogens is 194 g/mol. The molecule has 1 aromatic rings. The van der Waals surface area contributed by atoms with Gasteiger partial charge in [-0.1, -0.05) is 0 Å². The van der Waals surface area contributed by atoms with Crippen LogP contribution in [0.1, 0.15) is 28.0 Å². The Kier molecular flexibility index (Phi) is 2.64. The van der Waals surface area contributed by atoms with Gasteiger partial charge in [-0.05, 0) is 13.0 Å². The van der Waals surface area contributed by atoms with Gasteiger partial charge in [0.1, 0.15) is 5.56 Å². The lowest BCUT2D eigenvalue weighted by Crippen LogP contribution is -2.26. The smallest absolute Gasteiger partial charge is 0.264 e. The van der Waals surface area contributed by atoms with Crippen molar-refractivity contribution in [3.8, 4) is 0 Å². The molecule has 0 saturated carbocycles. The van der Waals surface area contributed by atoms with Crippen LogP contribution in [0.4, 0.5) is 8.78 Å². The normalized spacial score (nSPS) is 10.6. The largest absolute Gasteiger partial charge is 0.365 e. The van der Waals surface area contributed by atoms with Crippen LogP contribution in [0.25, 0.3) is 0 Å². The summed E-state index contributed by atoms with van der Waals surface area (Å²) in [5.74, 6) is -1.15. The van der Waals surface area contributed by atoms with Crippen molar-refractivity contribution in [2.75, 3.05) is 0 Å². The summed E-state index contributed by atoms with van der Waals surface area (Å²) >= 11 is 0. The Bertz CT molecular complexity index is 426. The molecule has 0 radical (unpaired) electrons. The Balaban J connectivity index is 3.53. The van der Waals surface area contributed by atoms with Gasteiger partial charge < -0.3 is 10.7 Å². The Morgan fingerprint density at radius 2 is 2.14 bits per heavy atom. The van der Waals surface area contributed by atoms with Gasteiger partial charge in [0.2, 0.25) is 0 Å². The lowest BCUT2D eigenvalue weighted by Gasteiger charge is -2.05. The van der Waals surface area contributed by atoms with Crippen LogP contribution in [0, 0.1) is 6.92 Å². The molecule has 0 unspecified atom stereocenters. The third-order valence-corrected chi connectivity index (χ3v) is 1.68. The van der Waals surface area contributed by atoms with E-state index in [0.717, 1.165) is 6.07 Å². The van der Waals surface area contributed by atoms with Crippen LogP contribution in [-0.4, -0.2) is 10.9 Å². The van der Waals surface area contributed by atoms with Crippen LogP contribution in [0.3, 0.4) is 0 Å². The van der Waals surface area contributed by atoms with E-state index >= 15 is 0 Å². The fourth-order valence-electron chi connectivity index (χ4n) is 1.14.